The van der Waals surface area contributed by atoms with Gasteiger partial charge >= 0.3 is 5.97 Å². The predicted molar refractivity (Wildman–Crippen MR) is 84.2 cm³/mol. The van der Waals surface area contributed by atoms with Crippen molar-refractivity contribution >= 4 is 21.7 Å². The molecule has 0 spiro atoms. The highest BCUT2D eigenvalue weighted by Gasteiger charge is 2.54. The molecule has 7 nitrogen and oxygen atoms in total. The Morgan fingerprint density at radius 3 is 2.71 bits per heavy atom. The minimum atomic E-state index is -3.42. The molecule has 0 saturated carbocycles. The van der Waals surface area contributed by atoms with Crippen molar-refractivity contribution < 1.29 is 27.5 Å². The van der Waals surface area contributed by atoms with Crippen LogP contribution in [0.15, 0.2) is 42.2 Å². The molecule has 8 heteroatoms. The molecule has 2 saturated heterocycles. The van der Waals surface area contributed by atoms with Crippen molar-refractivity contribution in [2.24, 2.45) is 0 Å². The fourth-order valence-corrected chi connectivity index (χ4v) is 4.00. The van der Waals surface area contributed by atoms with Crippen LogP contribution in [0.4, 0.5) is 0 Å². The number of fused-ring (bicyclic) bond motifs is 1. The summed E-state index contributed by atoms with van der Waals surface area (Å²) in [6.07, 6.45) is 1.03. The van der Waals surface area contributed by atoms with E-state index in [1.165, 1.54) is 18.1 Å². The van der Waals surface area contributed by atoms with Crippen molar-refractivity contribution in [2.75, 3.05) is 12.9 Å². The Morgan fingerprint density at radius 2 is 2.08 bits per heavy atom. The van der Waals surface area contributed by atoms with Crippen molar-refractivity contribution in [3.63, 3.8) is 0 Å². The number of amides is 1. The van der Waals surface area contributed by atoms with Gasteiger partial charge in [-0.15, -0.1) is 0 Å². The summed E-state index contributed by atoms with van der Waals surface area (Å²) < 4.78 is 34.7. The standard InChI is InChI=1S/C16H17NO6S/c1-22-16(19)15-12(23-14-9-13(18)17(14)15)7-8-24(20,21)10-11-5-3-2-4-6-11/h2-7,14-15H,8-10H2,1H3. The normalized spacial score (nSPS) is 24.3. The summed E-state index contributed by atoms with van der Waals surface area (Å²) in [6, 6.07) is 7.83. The van der Waals surface area contributed by atoms with Crippen LogP contribution >= 0.6 is 0 Å². The first-order chi connectivity index (χ1) is 11.4. The third-order valence-electron chi connectivity index (χ3n) is 3.96. The summed E-state index contributed by atoms with van der Waals surface area (Å²) in [6.45, 7) is 0. The fraction of sp³-hybridized carbons (Fsp3) is 0.375. The number of carbonyl (C=O) groups is 2. The number of hydrogen-bond donors (Lipinski definition) is 0. The number of carbonyl (C=O) groups excluding carboxylic acids is 2. The Kier molecular flexibility index (Phi) is 4.31. The summed E-state index contributed by atoms with van der Waals surface area (Å²) in [5.74, 6) is -1.08. The second-order valence-corrected chi connectivity index (χ2v) is 7.76. The van der Waals surface area contributed by atoms with Crippen molar-refractivity contribution in [2.45, 2.75) is 24.4 Å². The van der Waals surface area contributed by atoms with E-state index in [0.717, 1.165) is 0 Å². The first kappa shape index (κ1) is 16.5. The van der Waals surface area contributed by atoms with E-state index in [2.05, 4.69) is 4.74 Å². The number of esters is 1. The van der Waals surface area contributed by atoms with E-state index >= 15 is 0 Å². The molecule has 1 aromatic carbocycles. The monoisotopic (exact) mass is 351 g/mol. The predicted octanol–water partition coefficient (Wildman–Crippen LogP) is 0.615. The van der Waals surface area contributed by atoms with E-state index in [1.807, 2.05) is 6.07 Å². The van der Waals surface area contributed by atoms with Gasteiger partial charge in [-0.25, -0.2) is 13.2 Å². The van der Waals surface area contributed by atoms with Gasteiger partial charge in [-0.2, -0.15) is 0 Å². The van der Waals surface area contributed by atoms with E-state index in [9.17, 15) is 18.0 Å². The van der Waals surface area contributed by atoms with Gasteiger partial charge in [0.2, 0.25) is 5.91 Å². The Labute approximate surface area is 139 Å². The van der Waals surface area contributed by atoms with Crippen LogP contribution in [0, 0.1) is 0 Å². The van der Waals surface area contributed by atoms with Crippen LogP contribution in [0.5, 0.6) is 0 Å². The zero-order chi connectivity index (χ0) is 17.3. The number of rotatable bonds is 5. The number of benzene rings is 1. The summed E-state index contributed by atoms with van der Waals surface area (Å²) in [4.78, 5) is 24.8. The number of methoxy groups -OCH3 is 1. The lowest BCUT2D eigenvalue weighted by Crippen LogP contribution is -2.55. The second kappa shape index (κ2) is 6.27. The van der Waals surface area contributed by atoms with Crippen LogP contribution in [0.25, 0.3) is 0 Å². The number of hydrogen-bond acceptors (Lipinski definition) is 6. The van der Waals surface area contributed by atoms with Crippen molar-refractivity contribution in [1.82, 2.24) is 4.90 Å². The highest BCUT2D eigenvalue weighted by Crippen LogP contribution is 2.36. The quantitative estimate of drug-likeness (QED) is 0.570. The molecule has 0 radical (unpaired) electrons. The molecule has 1 amide bonds. The Balaban J connectivity index is 1.75. The molecule has 2 atom stereocenters. The smallest absolute Gasteiger partial charge is 0.336 e. The van der Waals surface area contributed by atoms with Crippen LogP contribution in [0.2, 0.25) is 0 Å². The first-order valence-electron chi connectivity index (χ1n) is 7.41. The molecule has 1 aromatic rings. The number of β-lactam (4-membered cyclic amide) rings is 1. The van der Waals surface area contributed by atoms with Gasteiger partial charge in [-0.3, -0.25) is 9.69 Å². The summed E-state index contributed by atoms with van der Waals surface area (Å²) in [5.41, 5.74) is 0.687. The largest absolute Gasteiger partial charge is 0.472 e. The van der Waals surface area contributed by atoms with Crippen LogP contribution in [-0.2, 0) is 34.7 Å². The van der Waals surface area contributed by atoms with Gasteiger partial charge < -0.3 is 9.47 Å². The van der Waals surface area contributed by atoms with Crippen LogP contribution in [0.1, 0.15) is 12.0 Å². The van der Waals surface area contributed by atoms with Crippen molar-refractivity contribution in [3.8, 4) is 0 Å². The lowest BCUT2D eigenvalue weighted by Gasteiger charge is -2.33. The summed E-state index contributed by atoms with van der Waals surface area (Å²) >= 11 is 0. The van der Waals surface area contributed by atoms with E-state index in [-0.39, 0.29) is 29.6 Å². The molecular formula is C16H17NO6S. The fourth-order valence-electron chi connectivity index (χ4n) is 2.77. The SMILES string of the molecule is COC(=O)C1C(=CCS(=O)(=O)Cc2ccccc2)OC2CC(=O)N21. The lowest BCUT2D eigenvalue weighted by molar-refractivity contribution is -0.164. The number of ether oxygens (including phenoxy) is 2. The number of sulfone groups is 1. The molecule has 0 N–H and O–H groups in total. The molecule has 2 heterocycles. The Hall–Kier alpha value is -2.35. The van der Waals surface area contributed by atoms with E-state index in [0.29, 0.717) is 5.56 Å². The molecule has 24 heavy (non-hydrogen) atoms. The van der Waals surface area contributed by atoms with E-state index in [4.69, 9.17) is 4.74 Å². The van der Waals surface area contributed by atoms with Crippen LogP contribution < -0.4 is 0 Å². The molecular weight excluding hydrogens is 334 g/mol. The molecule has 0 aromatic heterocycles. The zero-order valence-electron chi connectivity index (χ0n) is 13.0. The van der Waals surface area contributed by atoms with E-state index in [1.54, 1.807) is 24.3 Å². The molecule has 2 fully saturated rings. The Bertz CT molecular complexity index is 786. The van der Waals surface area contributed by atoms with Gasteiger partial charge in [0.05, 0.1) is 25.0 Å². The van der Waals surface area contributed by atoms with E-state index < -0.39 is 28.1 Å². The van der Waals surface area contributed by atoms with Crippen molar-refractivity contribution in [1.29, 1.82) is 0 Å². The Morgan fingerprint density at radius 1 is 1.38 bits per heavy atom. The molecule has 2 aliphatic rings. The third kappa shape index (κ3) is 3.14. The van der Waals surface area contributed by atoms with Crippen LogP contribution in [0.3, 0.4) is 0 Å². The van der Waals surface area contributed by atoms with Gasteiger partial charge in [0, 0.05) is 0 Å². The average molecular weight is 351 g/mol. The maximum Gasteiger partial charge on any atom is 0.336 e. The molecule has 3 rings (SSSR count). The second-order valence-electron chi connectivity index (χ2n) is 5.65. The maximum atomic E-state index is 12.2. The molecule has 0 aliphatic carbocycles. The number of nitrogens with zero attached hydrogens (tertiary/aromatic N) is 1. The average Bonchev–Trinajstić information content (AvgIpc) is 2.85. The highest BCUT2D eigenvalue weighted by molar-refractivity contribution is 7.90. The van der Waals surface area contributed by atoms with Crippen molar-refractivity contribution in [3.05, 3.63) is 47.7 Å². The summed E-state index contributed by atoms with van der Waals surface area (Å²) in [7, 11) is -2.21. The minimum absolute atomic E-state index is 0.105. The van der Waals surface area contributed by atoms with Crippen LogP contribution in [-0.4, -0.2) is 50.3 Å². The molecule has 128 valence electrons. The van der Waals surface area contributed by atoms with Gasteiger partial charge in [0.1, 0.15) is 5.76 Å². The van der Waals surface area contributed by atoms with Gasteiger partial charge in [-0.05, 0) is 11.6 Å². The first-order valence-corrected chi connectivity index (χ1v) is 9.23. The molecule has 2 unspecified atom stereocenters. The topological polar surface area (TPSA) is 90.0 Å². The minimum Gasteiger partial charge on any atom is -0.472 e. The lowest BCUT2D eigenvalue weighted by atomic mass is 10.1. The van der Waals surface area contributed by atoms with Gasteiger partial charge in [0.25, 0.3) is 0 Å². The molecule has 0 bridgehead atoms. The highest BCUT2D eigenvalue weighted by atomic mass is 32.2. The van der Waals surface area contributed by atoms with Gasteiger partial charge in [0.15, 0.2) is 22.1 Å². The zero-order valence-corrected chi connectivity index (χ0v) is 13.9. The van der Waals surface area contributed by atoms with Gasteiger partial charge in [-0.1, -0.05) is 30.3 Å². The summed E-state index contributed by atoms with van der Waals surface area (Å²) in [5, 5.41) is 0. The third-order valence-corrected chi connectivity index (χ3v) is 5.41. The maximum absolute atomic E-state index is 12.2. The molecule has 2 aliphatic heterocycles.